The highest BCUT2D eigenvalue weighted by atomic mass is 19.1. The zero-order valence-electron chi connectivity index (χ0n) is 6.06. The lowest BCUT2D eigenvalue weighted by atomic mass is 10.5. The van der Waals surface area contributed by atoms with Gasteiger partial charge in [0, 0.05) is 13.1 Å². The molecule has 0 spiro atoms. The van der Waals surface area contributed by atoms with Crippen LogP contribution < -0.4 is 0 Å². The van der Waals surface area contributed by atoms with Crippen molar-refractivity contribution < 1.29 is 9.13 Å². The van der Waals surface area contributed by atoms with E-state index >= 15 is 0 Å². The van der Waals surface area contributed by atoms with Crippen molar-refractivity contribution in [1.29, 1.82) is 0 Å². The van der Waals surface area contributed by atoms with Crippen LogP contribution in [0.4, 0.5) is 4.39 Å². The topological polar surface area (TPSA) is 12.5 Å². The van der Waals surface area contributed by atoms with Gasteiger partial charge in [-0.3, -0.25) is 4.39 Å². The molecule has 0 aromatic carbocycles. The van der Waals surface area contributed by atoms with Gasteiger partial charge in [0.1, 0.15) is 0 Å². The van der Waals surface area contributed by atoms with Crippen LogP contribution in [-0.4, -0.2) is 45.4 Å². The van der Waals surface area contributed by atoms with Gasteiger partial charge in [0.05, 0.1) is 20.4 Å². The lowest BCUT2D eigenvalue weighted by molar-refractivity contribution is 0.0503. The minimum absolute atomic E-state index is 0.500. The molecule has 0 bridgehead atoms. The van der Waals surface area contributed by atoms with Crippen molar-refractivity contribution in [3.63, 3.8) is 0 Å². The van der Waals surface area contributed by atoms with E-state index in [1.54, 1.807) is 0 Å². The van der Waals surface area contributed by atoms with Crippen LogP contribution in [0.5, 0.6) is 0 Å². The van der Waals surface area contributed by atoms with E-state index in [-0.39, 0.29) is 0 Å². The predicted octanol–water partition coefficient (Wildman–Crippen LogP) is 0.534. The van der Waals surface area contributed by atoms with Crippen LogP contribution in [0.25, 0.3) is 0 Å². The van der Waals surface area contributed by atoms with Gasteiger partial charge in [-0.25, -0.2) is 0 Å². The molecular formula is C6H14FNO. The molecule has 0 aromatic rings. The summed E-state index contributed by atoms with van der Waals surface area (Å²) < 4.78 is 14.6. The highest BCUT2D eigenvalue weighted by molar-refractivity contribution is 4.53. The Morgan fingerprint density at radius 3 is 1.89 bits per heavy atom. The first-order valence-electron chi connectivity index (χ1n) is 3.03. The monoisotopic (exact) mass is 135 g/mol. The van der Waals surface area contributed by atoms with Crippen LogP contribution in [-0.2, 0) is 4.74 Å². The molecule has 0 amide bonds. The highest BCUT2D eigenvalue weighted by Gasteiger charge is 2.02. The Balaban J connectivity index is 0.000000291. The Morgan fingerprint density at radius 2 is 1.67 bits per heavy atom. The summed E-state index contributed by atoms with van der Waals surface area (Å²) in [7, 11) is 2.61. The molecule has 0 radical (unpaired) electrons. The minimum atomic E-state index is 0.500. The fraction of sp³-hybridized carbons (Fsp3) is 1.00. The lowest BCUT2D eigenvalue weighted by Crippen LogP contribution is -2.32. The number of rotatable bonds is 0. The minimum Gasteiger partial charge on any atom is -0.379 e. The molecule has 1 aliphatic heterocycles. The van der Waals surface area contributed by atoms with Gasteiger partial charge < -0.3 is 9.64 Å². The van der Waals surface area contributed by atoms with E-state index in [9.17, 15) is 4.39 Å². The summed E-state index contributed by atoms with van der Waals surface area (Å²) in [6.07, 6.45) is 0. The summed E-state index contributed by atoms with van der Waals surface area (Å²) in [6.45, 7) is 4.02. The fourth-order valence-corrected chi connectivity index (χ4v) is 0.655. The molecule has 2 nitrogen and oxygen atoms in total. The standard InChI is InChI=1S/C5H11NO.CH3F/c1-6-2-4-7-5-3-6;1-2/h2-5H2,1H3;1H3. The molecule has 0 saturated carbocycles. The number of alkyl halides is 1. The van der Waals surface area contributed by atoms with Crippen molar-refractivity contribution in [3.05, 3.63) is 0 Å². The Labute approximate surface area is 55.6 Å². The van der Waals surface area contributed by atoms with E-state index in [1.165, 1.54) is 0 Å². The number of hydrogen-bond acceptors (Lipinski definition) is 2. The molecule has 1 saturated heterocycles. The Hall–Kier alpha value is -0.150. The maximum absolute atomic E-state index is 9.50. The van der Waals surface area contributed by atoms with Gasteiger partial charge in [-0.1, -0.05) is 0 Å². The predicted molar refractivity (Wildman–Crippen MR) is 35.3 cm³/mol. The van der Waals surface area contributed by atoms with E-state index in [4.69, 9.17) is 4.74 Å². The van der Waals surface area contributed by atoms with Crippen LogP contribution in [0.2, 0.25) is 0 Å². The Bertz CT molecular complexity index is 55.0. The largest absolute Gasteiger partial charge is 0.379 e. The first-order chi connectivity index (χ1) is 4.39. The molecule has 1 heterocycles. The third kappa shape index (κ3) is 4.36. The van der Waals surface area contributed by atoms with Crippen LogP contribution in [0.3, 0.4) is 0 Å². The van der Waals surface area contributed by atoms with Gasteiger partial charge in [-0.05, 0) is 7.05 Å². The zero-order valence-corrected chi connectivity index (χ0v) is 6.06. The second kappa shape index (κ2) is 5.98. The molecule has 1 aliphatic rings. The number of hydrogen-bond donors (Lipinski definition) is 0. The maximum Gasteiger partial charge on any atom is 0.0785 e. The van der Waals surface area contributed by atoms with Gasteiger partial charge in [0.2, 0.25) is 0 Å². The van der Waals surface area contributed by atoms with E-state index in [0.29, 0.717) is 7.18 Å². The van der Waals surface area contributed by atoms with Crippen molar-refractivity contribution in [2.75, 3.05) is 40.5 Å². The first kappa shape index (κ1) is 8.85. The smallest absolute Gasteiger partial charge is 0.0785 e. The molecule has 9 heavy (non-hydrogen) atoms. The molecule has 0 aliphatic carbocycles. The normalized spacial score (nSPS) is 20.3. The molecule has 0 N–H and O–H groups in total. The third-order valence-corrected chi connectivity index (χ3v) is 1.23. The summed E-state index contributed by atoms with van der Waals surface area (Å²) >= 11 is 0. The maximum atomic E-state index is 9.50. The lowest BCUT2D eigenvalue weighted by Gasteiger charge is -2.21. The number of morpholine rings is 1. The number of ether oxygens (including phenoxy) is 1. The second-order valence-electron chi connectivity index (χ2n) is 1.92. The average molecular weight is 135 g/mol. The summed E-state index contributed by atoms with van der Waals surface area (Å²) in [4.78, 5) is 2.27. The highest BCUT2D eigenvalue weighted by Crippen LogP contribution is 1.89. The van der Waals surface area contributed by atoms with Crippen LogP contribution in [0.15, 0.2) is 0 Å². The van der Waals surface area contributed by atoms with Crippen LogP contribution in [0.1, 0.15) is 0 Å². The molecule has 1 rings (SSSR count). The van der Waals surface area contributed by atoms with E-state index < -0.39 is 0 Å². The van der Waals surface area contributed by atoms with Gasteiger partial charge in [-0.15, -0.1) is 0 Å². The Kier molecular flexibility index (Phi) is 5.88. The molecule has 0 aromatic heterocycles. The van der Waals surface area contributed by atoms with Crippen LogP contribution >= 0.6 is 0 Å². The molecular weight excluding hydrogens is 121 g/mol. The summed E-state index contributed by atoms with van der Waals surface area (Å²) in [6, 6.07) is 0. The number of halogens is 1. The van der Waals surface area contributed by atoms with Crippen molar-refractivity contribution >= 4 is 0 Å². The Morgan fingerprint density at radius 1 is 1.22 bits per heavy atom. The van der Waals surface area contributed by atoms with Gasteiger partial charge >= 0.3 is 0 Å². The fourth-order valence-electron chi connectivity index (χ4n) is 0.655. The van der Waals surface area contributed by atoms with Gasteiger partial charge in [0.25, 0.3) is 0 Å². The number of likely N-dealkylation sites (N-methyl/N-ethyl adjacent to an activating group) is 1. The molecule has 0 unspecified atom stereocenters. The second-order valence-corrected chi connectivity index (χ2v) is 1.92. The zero-order chi connectivity index (χ0) is 7.11. The molecule has 56 valence electrons. The average Bonchev–Trinajstić information content (AvgIpc) is 1.94. The first-order valence-corrected chi connectivity index (χ1v) is 3.03. The van der Waals surface area contributed by atoms with Crippen molar-refractivity contribution in [2.24, 2.45) is 0 Å². The molecule has 1 fully saturated rings. The summed E-state index contributed by atoms with van der Waals surface area (Å²) in [5, 5.41) is 0. The van der Waals surface area contributed by atoms with Crippen molar-refractivity contribution in [3.8, 4) is 0 Å². The summed E-state index contributed by atoms with van der Waals surface area (Å²) in [5.41, 5.74) is 0. The molecule has 3 heteroatoms. The van der Waals surface area contributed by atoms with E-state index in [2.05, 4.69) is 11.9 Å². The van der Waals surface area contributed by atoms with Crippen molar-refractivity contribution in [2.45, 2.75) is 0 Å². The summed E-state index contributed by atoms with van der Waals surface area (Å²) in [5.74, 6) is 0. The number of nitrogens with zero attached hydrogens (tertiary/aromatic N) is 1. The molecule has 0 atom stereocenters. The third-order valence-electron chi connectivity index (χ3n) is 1.23. The van der Waals surface area contributed by atoms with Crippen molar-refractivity contribution in [1.82, 2.24) is 4.90 Å². The van der Waals surface area contributed by atoms with E-state index in [1.807, 2.05) is 0 Å². The SMILES string of the molecule is CF.CN1CCOCC1. The quantitative estimate of drug-likeness (QED) is 0.480. The van der Waals surface area contributed by atoms with Crippen LogP contribution in [0, 0.1) is 0 Å². The van der Waals surface area contributed by atoms with E-state index in [0.717, 1.165) is 26.3 Å². The van der Waals surface area contributed by atoms with Gasteiger partial charge in [0.15, 0.2) is 0 Å². The van der Waals surface area contributed by atoms with Gasteiger partial charge in [-0.2, -0.15) is 0 Å².